The minimum absolute atomic E-state index is 0.152. The molecule has 0 spiro atoms. The number of carbonyl (C=O) groups excluding carboxylic acids is 1. The van der Waals surface area contributed by atoms with Gasteiger partial charge in [0.15, 0.2) is 0 Å². The van der Waals surface area contributed by atoms with Crippen molar-refractivity contribution in [3.05, 3.63) is 42.0 Å². The SMILES string of the molecule is CCCCCC(C=Cc1ccccc1)NC=O. The van der Waals surface area contributed by atoms with Crippen LogP contribution in [-0.4, -0.2) is 12.5 Å². The standard InChI is InChI=1S/C15H21NO/c1-2-3-5-10-15(16-13-17)12-11-14-8-6-4-7-9-14/h4,6-9,11-13,15H,2-3,5,10H2,1H3,(H,16,17). The molecule has 1 atom stereocenters. The maximum Gasteiger partial charge on any atom is 0.207 e. The van der Waals surface area contributed by atoms with Gasteiger partial charge in [-0.3, -0.25) is 4.79 Å². The van der Waals surface area contributed by atoms with Gasteiger partial charge in [0.1, 0.15) is 0 Å². The molecule has 0 fully saturated rings. The van der Waals surface area contributed by atoms with Gasteiger partial charge in [-0.25, -0.2) is 0 Å². The molecule has 17 heavy (non-hydrogen) atoms. The average Bonchev–Trinajstić information content (AvgIpc) is 2.37. The van der Waals surface area contributed by atoms with Gasteiger partial charge in [0, 0.05) is 6.04 Å². The van der Waals surface area contributed by atoms with E-state index in [1.807, 2.05) is 18.2 Å². The molecule has 2 heteroatoms. The van der Waals surface area contributed by atoms with Crippen molar-refractivity contribution in [3.63, 3.8) is 0 Å². The summed E-state index contributed by atoms with van der Waals surface area (Å²) in [4.78, 5) is 10.5. The van der Waals surface area contributed by atoms with Crippen molar-refractivity contribution >= 4 is 12.5 Å². The van der Waals surface area contributed by atoms with Crippen LogP contribution in [0, 0.1) is 0 Å². The molecule has 1 amide bonds. The number of hydrogen-bond donors (Lipinski definition) is 1. The third-order valence-corrected chi connectivity index (χ3v) is 2.72. The Balaban J connectivity index is 2.47. The number of amides is 1. The molecule has 0 aliphatic rings. The van der Waals surface area contributed by atoms with Crippen LogP contribution >= 0.6 is 0 Å². The molecular weight excluding hydrogens is 210 g/mol. The van der Waals surface area contributed by atoms with E-state index in [0.717, 1.165) is 19.3 Å². The maximum atomic E-state index is 10.5. The van der Waals surface area contributed by atoms with Gasteiger partial charge < -0.3 is 5.32 Å². The third kappa shape index (κ3) is 5.91. The van der Waals surface area contributed by atoms with Crippen molar-refractivity contribution in [2.24, 2.45) is 0 Å². The first-order chi connectivity index (χ1) is 8.36. The topological polar surface area (TPSA) is 29.1 Å². The fraction of sp³-hybridized carbons (Fsp3) is 0.400. The first-order valence-corrected chi connectivity index (χ1v) is 6.29. The Labute approximate surface area is 104 Å². The molecule has 0 saturated carbocycles. The molecule has 0 saturated heterocycles. The van der Waals surface area contributed by atoms with E-state index in [-0.39, 0.29) is 6.04 Å². The van der Waals surface area contributed by atoms with Crippen molar-refractivity contribution in [1.29, 1.82) is 0 Å². The highest BCUT2D eigenvalue weighted by molar-refractivity contribution is 5.52. The lowest BCUT2D eigenvalue weighted by Crippen LogP contribution is -2.25. The Kier molecular flexibility index (Phi) is 6.80. The van der Waals surface area contributed by atoms with Gasteiger partial charge in [-0.1, -0.05) is 68.7 Å². The van der Waals surface area contributed by atoms with Crippen LogP contribution in [0.1, 0.15) is 38.2 Å². The lowest BCUT2D eigenvalue weighted by Gasteiger charge is -2.10. The van der Waals surface area contributed by atoms with Gasteiger partial charge >= 0.3 is 0 Å². The van der Waals surface area contributed by atoms with Crippen LogP contribution < -0.4 is 5.32 Å². The summed E-state index contributed by atoms with van der Waals surface area (Å²) in [5.41, 5.74) is 1.17. The van der Waals surface area contributed by atoms with E-state index in [4.69, 9.17) is 0 Å². The molecule has 0 aliphatic carbocycles. The summed E-state index contributed by atoms with van der Waals surface area (Å²) < 4.78 is 0. The van der Waals surface area contributed by atoms with Gasteiger partial charge in [-0.05, 0) is 12.0 Å². The van der Waals surface area contributed by atoms with Crippen LogP contribution in [0.25, 0.3) is 6.08 Å². The van der Waals surface area contributed by atoms with Gasteiger partial charge in [-0.2, -0.15) is 0 Å². The zero-order chi connectivity index (χ0) is 12.3. The molecule has 2 nitrogen and oxygen atoms in total. The van der Waals surface area contributed by atoms with E-state index < -0.39 is 0 Å². The van der Waals surface area contributed by atoms with Gasteiger partial charge in [0.05, 0.1) is 0 Å². The minimum Gasteiger partial charge on any atom is -0.352 e. The fourth-order valence-electron chi connectivity index (χ4n) is 1.73. The second-order valence-corrected chi connectivity index (χ2v) is 4.16. The van der Waals surface area contributed by atoms with Gasteiger partial charge in [0.25, 0.3) is 0 Å². The quantitative estimate of drug-likeness (QED) is 0.539. The molecule has 1 unspecified atom stereocenters. The molecule has 1 N–H and O–H groups in total. The predicted octanol–water partition coefficient (Wildman–Crippen LogP) is 3.39. The number of hydrogen-bond acceptors (Lipinski definition) is 1. The van der Waals surface area contributed by atoms with Crippen molar-refractivity contribution in [1.82, 2.24) is 5.32 Å². The van der Waals surface area contributed by atoms with Crippen LogP contribution in [0.15, 0.2) is 36.4 Å². The van der Waals surface area contributed by atoms with E-state index in [0.29, 0.717) is 0 Å². The predicted molar refractivity (Wildman–Crippen MR) is 72.6 cm³/mol. The van der Waals surface area contributed by atoms with E-state index in [1.165, 1.54) is 18.4 Å². The fourth-order valence-corrected chi connectivity index (χ4v) is 1.73. The van der Waals surface area contributed by atoms with E-state index in [2.05, 4.69) is 36.5 Å². The number of nitrogens with one attached hydrogen (secondary N) is 1. The van der Waals surface area contributed by atoms with E-state index in [9.17, 15) is 4.79 Å². The van der Waals surface area contributed by atoms with Crippen molar-refractivity contribution in [2.45, 2.75) is 38.6 Å². The highest BCUT2D eigenvalue weighted by Crippen LogP contribution is 2.07. The Bertz CT molecular complexity index is 332. The molecule has 0 bridgehead atoms. The molecule has 1 rings (SSSR count). The highest BCUT2D eigenvalue weighted by atomic mass is 16.1. The largest absolute Gasteiger partial charge is 0.352 e. The normalized spacial score (nSPS) is 12.5. The zero-order valence-electron chi connectivity index (χ0n) is 10.4. The number of unbranched alkanes of at least 4 members (excludes halogenated alkanes) is 2. The summed E-state index contributed by atoms with van der Waals surface area (Å²) >= 11 is 0. The van der Waals surface area contributed by atoms with Crippen molar-refractivity contribution in [2.75, 3.05) is 0 Å². The smallest absolute Gasteiger partial charge is 0.207 e. The monoisotopic (exact) mass is 231 g/mol. The number of benzene rings is 1. The lowest BCUT2D eigenvalue weighted by atomic mass is 10.1. The van der Waals surface area contributed by atoms with Crippen LogP contribution in [0.3, 0.4) is 0 Å². The Morgan fingerprint density at radius 2 is 2.00 bits per heavy atom. The van der Waals surface area contributed by atoms with Crippen LogP contribution in [0.4, 0.5) is 0 Å². The molecule has 0 radical (unpaired) electrons. The Hall–Kier alpha value is -1.57. The second kappa shape index (κ2) is 8.57. The molecule has 0 heterocycles. The first kappa shape index (κ1) is 13.5. The summed E-state index contributed by atoms with van der Waals surface area (Å²) in [7, 11) is 0. The van der Waals surface area contributed by atoms with Crippen LogP contribution in [0.2, 0.25) is 0 Å². The first-order valence-electron chi connectivity index (χ1n) is 6.29. The Morgan fingerprint density at radius 1 is 1.24 bits per heavy atom. The Morgan fingerprint density at radius 3 is 2.65 bits per heavy atom. The molecule has 0 aromatic heterocycles. The maximum absolute atomic E-state index is 10.5. The van der Waals surface area contributed by atoms with Gasteiger partial charge in [0.2, 0.25) is 6.41 Å². The third-order valence-electron chi connectivity index (χ3n) is 2.72. The summed E-state index contributed by atoms with van der Waals surface area (Å²) in [6, 6.07) is 10.3. The second-order valence-electron chi connectivity index (χ2n) is 4.16. The molecule has 0 aliphatic heterocycles. The summed E-state index contributed by atoms with van der Waals surface area (Å²) in [5, 5.41) is 2.84. The summed E-state index contributed by atoms with van der Waals surface area (Å²) in [6.07, 6.45) is 9.50. The average molecular weight is 231 g/mol. The molecule has 1 aromatic rings. The number of rotatable bonds is 8. The van der Waals surface area contributed by atoms with Crippen molar-refractivity contribution < 1.29 is 4.79 Å². The van der Waals surface area contributed by atoms with Crippen LogP contribution in [-0.2, 0) is 4.79 Å². The highest BCUT2D eigenvalue weighted by Gasteiger charge is 2.01. The van der Waals surface area contributed by atoms with Gasteiger partial charge in [-0.15, -0.1) is 0 Å². The number of carbonyl (C=O) groups is 1. The zero-order valence-corrected chi connectivity index (χ0v) is 10.4. The summed E-state index contributed by atoms with van der Waals surface area (Å²) in [6.45, 7) is 2.18. The van der Waals surface area contributed by atoms with Crippen LogP contribution in [0.5, 0.6) is 0 Å². The lowest BCUT2D eigenvalue weighted by molar-refractivity contribution is -0.109. The van der Waals surface area contributed by atoms with E-state index >= 15 is 0 Å². The summed E-state index contributed by atoms with van der Waals surface area (Å²) in [5.74, 6) is 0. The molecular formula is C15H21NO. The van der Waals surface area contributed by atoms with E-state index in [1.54, 1.807) is 0 Å². The molecule has 1 aromatic carbocycles. The van der Waals surface area contributed by atoms with Crippen molar-refractivity contribution in [3.8, 4) is 0 Å². The molecule has 92 valence electrons. The minimum atomic E-state index is 0.152.